The quantitative estimate of drug-likeness (QED) is 0.387. The van der Waals surface area contributed by atoms with Crippen molar-refractivity contribution in [3.05, 3.63) is 35.6 Å². The maximum Gasteiger partial charge on any atom is 0.243 e. The van der Waals surface area contributed by atoms with Crippen molar-refractivity contribution in [2.45, 2.75) is 19.9 Å². The molecule has 0 spiro atoms. The second-order valence-corrected chi connectivity index (χ2v) is 7.69. The zero-order valence-corrected chi connectivity index (χ0v) is 18.2. The predicted molar refractivity (Wildman–Crippen MR) is 119 cm³/mol. The van der Waals surface area contributed by atoms with Crippen LogP contribution >= 0.6 is 0 Å². The highest BCUT2D eigenvalue weighted by Gasteiger charge is 2.12. The number of para-hydroxylation sites is 1. The van der Waals surface area contributed by atoms with Crippen LogP contribution in [0.3, 0.4) is 0 Å². The van der Waals surface area contributed by atoms with Gasteiger partial charge < -0.3 is 24.7 Å². The van der Waals surface area contributed by atoms with Crippen LogP contribution in [0, 0.1) is 6.92 Å². The molecule has 0 aliphatic carbocycles. The molecule has 0 bridgehead atoms. The first-order valence-electron chi connectivity index (χ1n) is 10.5. The zero-order chi connectivity index (χ0) is 21.3. The van der Waals surface area contributed by atoms with Gasteiger partial charge in [0, 0.05) is 44.7 Å². The number of hydrogen-bond acceptors (Lipinski definition) is 5. The molecule has 1 amide bonds. The van der Waals surface area contributed by atoms with E-state index in [4.69, 9.17) is 9.15 Å². The molecule has 8 heteroatoms. The first-order chi connectivity index (χ1) is 14.5. The van der Waals surface area contributed by atoms with Gasteiger partial charge in [0.05, 0.1) is 19.8 Å². The molecule has 1 saturated heterocycles. The lowest BCUT2D eigenvalue weighted by Crippen LogP contribution is -2.41. The number of fused-ring (bicyclic) bond motifs is 1. The minimum Gasteiger partial charge on any atom is -0.459 e. The number of guanidine groups is 1. The number of furan rings is 1. The Hall–Kier alpha value is -2.58. The van der Waals surface area contributed by atoms with Crippen molar-refractivity contribution >= 4 is 22.8 Å². The van der Waals surface area contributed by atoms with E-state index in [0.717, 1.165) is 68.1 Å². The molecule has 2 heterocycles. The molecule has 8 nitrogen and oxygen atoms in total. The summed E-state index contributed by atoms with van der Waals surface area (Å²) in [6.45, 7) is 8.06. The Labute approximate surface area is 178 Å². The lowest BCUT2D eigenvalue weighted by atomic mass is 10.1. The van der Waals surface area contributed by atoms with Gasteiger partial charge in [0.25, 0.3) is 0 Å². The first-order valence-corrected chi connectivity index (χ1v) is 10.5. The van der Waals surface area contributed by atoms with Gasteiger partial charge in [-0.1, -0.05) is 18.2 Å². The molecule has 0 unspecified atom stereocenters. The van der Waals surface area contributed by atoms with Crippen LogP contribution in [-0.4, -0.2) is 81.7 Å². The Kier molecular flexibility index (Phi) is 8.10. The Balaban J connectivity index is 1.56. The number of morpholine rings is 1. The zero-order valence-electron chi connectivity index (χ0n) is 18.2. The Bertz CT molecular complexity index is 856. The summed E-state index contributed by atoms with van der Waals surface area (Å²) in [5, 5.41) is 7.78. The van der Waals surface area contributed by atoms with Crippen LogP contribution in [0.1, 0.15) is 17.7 Å². The van der Waals surface area contributed by atoms with E-state index in [1.807, 2.05) is 18.2 Å². The molecule has 2 aromatic rings. The molecule has 1 aliphatic heterocycles. The van der Waals surface area contributed by atoms with Crippen molar-refractivity contribution in [1.29, 1.82) is 0 Å². The molecule has 0 atom stereocenters. The fraction of sp³-hybridized carbons (Fsp3) is 0.545. The number of likely N-dealkylation sites (N-methyl/N-ethyl adjacent to an activating group) is 1. The summed E-state index contributed by atoms with van der Waals surface area (Å²) in [7, 11) is 3.47. The minimum atomic E-state index is -0.0377. The second kappa shape index (κ2) is 11.0. The molecule has 3 rings (SSSR count). The van der Waals surface area contributed by atoms with Gasteiger partial charge in [-0.3, -0.25) is 9.69 Å². The minimum absolute atomic E-state index is 0.0377. The maximum absolute atomic E-state index is 12.0. The van der Waals surface area contributed by atoms with Crippen LogP contribution in [-0.2, 0) is 16.1 Å². The summed E-state index contributed by atoms with van der Waals surface area (Å²) < 4.78 is 11.4. The molecule has 0 saturated carbocycles. The van der Waals surface area contributed by atoms with Crippen LogP contribution in [0.2, 0.25) is 0 Å². The number of rotatable bonds is 8. The molecule has 2 N–H and O–H groups in total. The molecule has 1 aromatic heterocycles. The summed E-state index contributed by atoms with van der Waals surface area (Å²) in [4.78, 5) is 20.4. The van der Waals surface area contributed by atoms with E-state index in [0.29, 0.717) is 12.5 Å². The fourth-order valence-corrected chi connectivity index (χ4v) is 3.35. The van der Waals surface area contributed by atoms with Crippen molar-refractivity contribution in [3.63, 3.8) is 0 Å². The van der Waals surface area contributed by atoms with Gasteiger partial charge in [0.2, 0.25) is 5.91 Å². The van der Waals surface area contributed by atoms with E-state index < -0.39 is 0 Å². The van der Waals surface area contributed by atoms with Gasteiger partial charge in [-0.2, -0.15) is 0 Å². The Morgan fingerprint density at radius 1 is 1.20 bits per heavy atom. The van der Waals surface area contributed by atoms with Gasteiger partial charge in [-0.15, -0.1) is 0 Å². The molecular weight excluding hydrogens is 382 g/mol. The highest BCUT2D eigenvalue weighted by Crippen LogP contribution is 2.24. The number of nitrogens with one attached hydrogen (secondary N) is 2. The van der Waals surface area contributed by atoms with Gasteiger partial charge in [-0.25, -0.2) is 4.99 Å². The molecule has 0 radical (unpaired) electrons. The summed E-state index contributed by atoms with van der Waals surface area (Å²) in [5.41, 5.74) is 2.00. The standard InChI is InChI=1S/C22H33N5O3/c1-17-18-7-4-5-8-19(18)30-20(17)15-24-22(25-16-21(28)26(2)3)23-9-6-10-27-11-13-29-14-12-27/h4-5,7-8H,6,9-16H2,1-3H3,(H2,23,24,25). The number of carbonyl (C=O) groups is 1. The van der Waals surface area contributed by atoms with Crippen LogP contribution in [0.25, 0.3) is 11.0 Å². The third-order valence-electron chi connectivity index (χ3n) is 5.28. The maximum atomic E-state index is 12.0. The second-order valence-electron chi connectivity index (χ2n) is 7.69. The highest BCUT2D eigenvalue weighted by atomic mass is 16.5. The monoisotopic (exact) mass is 415 g/mol. The van der Waals surface area contributed by atoms with E-state index in [-0.39, 0.29) is 12.5 Å². The molecule has 30 heavy (non-hydrogen) atoms. The molecular formula is C22H33N5O3. The van der Waals surface area contributed by atoms with Crippen LogP contribution < -0.4 is 10.6 Å². The van der Waals surface area contributed by atoms with E-state index in [9.17, 15) is 4.79 Å². The average molecular weight is 416 g/mol. The number of ether oxygens (including phenoxy) is 1. The first kappa shape index (κ1) is 22.1. The van der Waals surface area contributed by atoms with E-state index in [1.54, 1.807) is 19.0 Å². The van der Waals surface area contributed by atoms with Crippen molar-refractivity contribution in [3.8, 4) is 0 Å². The van der Waals surface area contributed by atoms with E-state index >= 15 is 0 Å². The number of nitrogens with zero attached hydrogens (tertiary/aromatic N) is 3. The number of carbonyl (C=O) groups excluding carboxylic acids is 1. The van der Waals surface area contributed by atoms with Crippen LogP contribution in [0.4, 0.5) is 0 Å². The predicted octanol–water partition coefficient (Wildman–Crippen LogP) is 1.59. The number of hydrogen-bond donors (Lipinski definition) is 2. The molecule has 1 aliphatic rings. The summed E-state index contributed by atoms with van der Waals surface area (Å²) >= 11 is 0. The summed E-state index contributed by atoms with van der Waals surface area (Å²) in [6, 6.07) is 8.02. The molecule has 1 aromatic carbocycles. The number of aliphatic imine (C=N–C) groups is 1. The average Bonchev–Trinajstić information content (AvgIpc) is 3.08. The lowest BCUT2D eigenvalue weighted by molar-refractivity contribution is -0.127. The van der Waals surface area contributed by atoms with E-state index in [1.165, 1.54) is 0 Å². The lowest BCUT2D eigenvalue weighted by Gasteiger charge is -2.26. The third kappa shape index (κ3) is 6.21. The van der Waals surface area contributed by atoms with Crippen molar-refractivity contribution in [1.82, 2.24) is 20.4 Å². The largest absolute Gasteiger partial charge is 0.459 e. The van der Waals surface area contributed by atoms with Crippen molar-refractivity contribution < 1.29 is 13.9 Å². The van der Waals surface area contributed by atoms with Gasteiger partial charge in [0.1, 0.15) is 17.9 Å². The normalized spacial score (nSPS) is 15.4. The SMILES string of the molecule is Cc1c(CNC(=NCC(=O)N(C)C)NCCCN2CCOCC2)oc2ccccc12. The van der Waals surface area contributed by atoms with Gasteiger partial charge >= 0.3 is 0 Å². The smallest absolute Gasteiger partial charge is 0.243 e. The van der Waals surface area contributed by atoms with Crippen molar-refractivity contribution in [2.24, 2.45) is 4.99 Å². The fourth-order valence-electron chi connectivity index (χ4n) is 3.35. The molecule has 164 valence electrons. The van der Waals surface area contributed by atoms with Gasteiger partial charge in [0.15, 0.2) is 5.96 Å². The Morgan fingerprint density at radius 3 is 2.70 bits per heavy atom. The number of benzene rings is 1. The van der Waals surface area contributed by atoms with Crippen LogP contribution in [0.5, 0.6) is 0 Å². The van der Waals surface area contributed by atoms with Crippen molar-refractivity contribution in [2.75, 3.05) is 60.0 Å². The summed E-state index contributed by atoms with van der Waals surface area (Å²) in [5.74, 6) is 1.45. The molecule has 1 fully saturated rings. The van der Waals surface area contributed by atoms with E-state index in [2.05, 4.69) is 33.5 Å². The summed E-state index contributed by atoms with van der Waals surface area (Å²) in [6.07, 6.45) is 0.992. The number of aryl methyl sites for hydroxylation is 1. The number of amides is 1. The topological polar surface area (TPSA) is 82.3 Å². The highest BCUT2D eigenvalue weighted by molar-refractivity contribution is 5.85. The van der Waals surface area contributed by atoms with Crippen LogP contribution in [0.15, 0.2) is 33.7 Å². The Morgan fingerprint density at radius 2 is 1.97 bits per heavy atom. The van der Waals surface area contributed by atoms with Gasteiger partial charge in [-0.05, 0) is 26.0 Å². The third-order valence-corrected chi connectivity index (χ3v) is 5.28.